The third-order valence-corrected chi connectivity index (χ3v) is 7.93. The molecule has 1 unspecified atom stereocenters. The number of anilines is 1. The highest BCUT2D eigenvalue weighted by atomic mass is 31.2. The molecule has 0 amide bonds. The summed E-state index contributed by atoms with van der Waals surface area (Å²) in [5.41, 5.74) is 4.16. The third-order valence-electron chi connectivity index (χ3n) is 5.28. The van der Waals surface area contributed by atoms with Crippen LogP contribution in [0, 0.1) is 0 Å². The van der Waals surface area contributed by atoms with E-state index in [0.29, 0.717) is 5.45 Å². The van der Waals surface area contributed by atoms with Crippen molar-refractivity contribution in [2.75, 3.05) is 5.01 Å². The van der Waals surface area contributed by atoms with Crippen LogP contribution in [0.2, 0.25) is 0 Å². The molecule has 4 aromatic rings. The summed E-state index contributed by atoms with van der Waals surface area (Å²) >= 11 is 0. The van der Waals surface area contributed by atoms with E-state index in [4.69, 9.17) is 5.10 Å². The predicted octanol–water partition coefficient (Wildman–Crippen LogP) is 6.56. The van der Waals surface area contributed by atoms with E-state index in [1.54, 1.807) is 0 Å². The fourth-order valence-corrected chi connectivity index (χ4v) is 6.25. The van der Waals surface area contributed by atoms with Gasteiger partial charge in [0.1, 0.15) is 5.45 Å². The van der Waals surface area contributed by atoms with Gasteiger partial charge in [0.25, 0.3) is 0 Å². The summed E-state index contributed by atoms with van der Waals surface area (Å²) in [6.45, 7) is 0. The number of rotatable bonds is 4. The van der Waals surface area contributed by atoms with Crippen LogP contribution >= 0.6 is 7.14 Å². The Balaban J connectivity index is 1.79. The van der Waals surface area contributed by atoms with E-state index < -0.39 is 7.14 Å². The summed E-state index contributed by atoms with van der Waals surface area (Å²) in [5, 5.41) is 7.70. The second kappa shape index (κ2) is 8.22. The molecule has 1 aliphatic heterocycles. The Bertz CT molecular complexity index is 1280. The topological polar surface area (TPSA) is 32.7 Å². The molecular weight excluding hydrogens is 399 g/mol. The van der Waals surface area contributed by atoms with E-state index in [1.807, 2.05) is 132 Å². The molecule has 0 aliphatic carbocycles. The first-order valence-electron chi connectivity index (χ1n) is 10.2. The van der Waals surface area contributed by atoms with Gasteiger partial charge < -0.3 is 4.57 Å². The van der Waals surface area contributed by atoms with Crippen molar-refractivity contribution in [3.8, 4) is 0 Å². The molecule has 31 heavy (non-hydrogen) atoms. The SMILES string of the molecule is O=P1(c2ccccc2)C=C(c2ccccc2)N(c2ccccc2)N=C1c1ccccc1. The lowest BCUT2D eigenvalue weighted by atomic mass is 10.1. The second-order valence-electron chi connectivity index (χ2n) is 7.31. The molecule has 0 spiro atoms. The minimum atomic E-state index is -3.13. The van der Waals surface area contributed by atoms with Crippen LogP contribution in [0.4, 0.5) is 5.69 Å². The molecule has 0 bridgehead atoms. The Morgan fingerprint density at radius 2 is 1.06 bits per heavy atom. The van der Waals surface area contributed by atoms with Gasteiger partial charge in [-0.1, -0.05) is 109 Å². The molecule has 0 aromatic heterocycles. The molecule has 150 valence electrons. The molecule has 4 heteroatoms. The third kappa shape index (κ3) is 3.65. The van der Waals surface area contributed by atoms with Gasteiger partial charge in [-0.15, -0.1) is 0 Å². The predicted molar refractivity (Wildman–Crippen MR) is 130 cm³/mol. The van der Waals surface area contributed by atoms with Crippen LogP contribution in [0.3, 0.4) is 0 Å². The lowest BCUT2D eigenvalue weighted by molar-refractivity contribution is 0.593. The zero-order valence-corrected chi connectivity index (χ0v) is 17.8. The van der Waals surface area contributed by atoms with E-state index in [1.165, 1.54) is 0 Å². The van der Waals surface area contributed by atoms with Gasteiger partial charge >= 0.3 is 0 Å². The molecule has 0 fully saturated rings. The molecule has 0 N–H and O–H groups in total. The first-order valence-corrected chi connectivity index (χ1v) is 12.0. The number of nitrogens with zero attached hydrogens (tertiary/aromatic N) is 2. The number of hydrazone groups is 1. The Morgan fingerprint density at radius 3 is 1.65 bits per heavy atom. The van der Waals surface area contributed by atoms with Gasteiger partial charge in [-0.3, -0.25) is 0 Å². The van der Waals surface area contributed by atoms with Crippen LogP contribution < -0.4 is 10.3 Å². The molecule has 1 atom stereocenters. The highest BCUT2D eigenvalue weighted by Crippen LogP contribution is 2.55. The molecule has 1 heterocycles. The Labute approximate surface area is 182 Å². The maximum Gasteiger partial charge on any atom is 0.186 e. The quantitative estimate of drug-likeness (QED) is 0.351. The van der Waals surface area contributed by atoms with E-state index in [2.05, 4.69) is 0 Å². The van der Waals surface area contributed by atoms with Crippen molar-refractivity contribution in [1.29, 1.82) is 0 Å². The summed E-state index contributed by atoms with van der Waals surface area (Å²) in [7, 11) is -3.13. The fraction of sp³-hybridized carbons (Fsp3) is 0. The zero-order valence-electron chi connectivity index (χ0n) is 16.9. The highest BCUT2D eigenvalue weighted by Gasteiger charge is 2.37. The summed E-state index contributed by atoms with van der Waals surface area (Å²) in [6, 6.07) is 39.5. The van der Waals surface area contributed by atoms with E-state index in [-0.39, 0.29) is 0 Å². The Kier molecular flexibility index (Phi) is 5.11. The first-order chi connectivity index (χ1) is 15.3. The molecule has 0 saturated carbocycles. The summed E-state index contributed by atoms with van der Waals surface area (Å²) < 4.78 is 14.7. The smallest absolute Gasteiger partial charge is 0.186 e. The van der Waals surface area contributed by atoms with Gasteiger partial charge in [-0.2, -0.15) is 5.10 Å². The number of hydrogen-bond acceptors (Lipinski definition) is 3. The van der Waals surface area contributed by atoms with Crippen molar-refractivity contribution in [3.05, 3.63) is 138 Å². The molecule has 3 nitrogen and oxygen atoms in total. The van der Waals surface area contributed by atoms with Crippen LogP contribution in [0.1, 0.15) is 11.1 Å². The highest BCUT2D eigenvalue weighted by molar-refractivity contribution is 7.90. The minimum absolute atomic E-state index is 0.586. The van der Waals surface area contributed by atoms with E-state index in [0.717, 1.165) is 27.8 Å². The van der Waals surface area contributed by atoms with Gasteiger partial charge in [-0.05, 0) is 12.1 Å². The lowest BCUT2D eigenvalue weighted by Gasteiger charge is -2.31. The fourth-order valence-electron chi connectivity index (χ4n) is 3.76. The van der Waals surface area contributed by atoms with Crippen LogP contribution in [-0.2, 0) is 4.57 Å². The summed E-state index contributed by atoms with van der Waals surface area (Å²) in [5.74, 6) is 1.92. The van der Waals surface area contributed by atoms with Crippen molar-refractivity contribution in [1.82, 2.24) is 0 Å². The normalized spacial score (nSPS) is 18.3. The van der Waals surface area contributed by atoms with Crippen molar-refractivity contribution in [2.45, 2.75) is 0 Å². The van der Waals surface area contributed by atoms with E-state index >= 15 is 0 Å². The van der Waals surface area contributed by atoms with Gasteiger partial charge in [0, 0.05) is 22.2 Å². The number of benzene rings is 4. The summed E-state index contributed by atoms with van der Waals surface area (Å²) in [4.78, 5) is 0. The van der Waals surface area contributed by atoms with Crippen molar-refractivity contribution < 1.29 is 4.57 Å². The van der Waals surface area contributed by atoms with Gasteiger partial charge in [0.2, 0.25) is 0 Å². The molecule has 0 radical (unpaired) electrons. The Hall–Kier alpha value is -3.68. The largest absolute Gasteiger partial charge is 0.307 e. The summed E-state index contributed by atoms with van der Waals surface area (Å²) in [6.07, 6.45) is 0. The first kappa shape index (κ1) is 19.3. The van der Waals surface area contributed by atoms with Crippen LogP contribution in [0.15, 0.2) is 132 Å². The lowest BCUT2D eigenvalue weighted by Crippen LogP contribution is -2.25. The number of hydrogen-bond donors (Lipinski definition) is 0. The molecule has 4 aromatic carbocycles. The van der Waals surface area contributed by atoms with Gasteiger partial charge in [0.15, 0.2) is 7.14 Å². The maximum atomic E-state index is 14.7. The van der Waals surface area contributed by atoms with Crippen molar-refractivity contribution in [3.63, 3.8) is 0 Å². The molecular formula is C27H21N2OP. The Morgan fingerprint density at radius 1 is 0.581 bits per heavy atom. The average Bonchev–Trinajstić information content (AvgIpc) is 2.86. The van der Waals surface area contributed by atoms with Gasteiger partial charge in [-0.25, -0.2) is 5.01 Å². The molecule has 5 rings (SSSR count). The molecule has 1 aliphatic rings. The molecule has 0 saturated heterocycles. The van der Waals surface area contributed by atoms with Gasteiger partial charge in [0.05, 0.1) is 11.4 Å². The zero-order chi connectivity index (χ0) is 21.1. The van der Waals surface area contributed by atoms with Crippen molar-refractivity contribution >= 4 is 29.3 Å². The van der Waals surface area contributed by atoms with Crippen LogP contribution in [0.5, 0.6) is 0 Å². The monoisotopic (exact) mass is 420 g/mol. The number of para-hydroxylation sites is 1. The van der Waals surface area contributed by atoms with E-state index in [9.17, 15) is 4.57 Å². The van der Waals surface area contributed by atoms with Crippen LogP contribution in [-0.4, -0.2) is 5.45 Å². The maximum absolute atomic E-state index is 14.7. The van der Waals surface area contributed by atoms with Crippen molar-refractivity contribution in [2.24, 2.45) is 5.10 Å². The standard InChI is InChI=1S/C27H21N2OP/c30-31(25-19-11-4-12-20-25)21-26(22-13-5-1-6-14-22)29(24-17-9-3-10-18-24)28-27(31)23-15-7-2-8-16-23/h1-21H. The second-order valence-corrected chi connectivity index (χ2v) is 9.83. The average molecular weight is 420 g/mol. The van der Waals surface area contributed by atoms with Crippen LogP contribution in [0.25, 0.3) is 5.70 Å². The minimum Gasteiger partial charge on any atom is -0.307 e.